The van der Waals surface area contributed by atoms with E-state index in [9.17, 15) is 41.5 Å². The molecule has 1 aromatic heterocycles. The van der Waals surface area contributed by atoms with Crippen LogP contribution in [0.25, 0.3) is 0 Å². The van der Waals surface area contributed by atoms with Crippen LogP contribution in [0, 0.1) is 11.7 Å². The molecule has 14 heteroatoms. The van der Waals surface area contributed by atoms with Crippen molar-refractivity contribution in [3.63, 3.8) is 0 Å². The highest BCUT2D eigenvalue weighted by Crippen LogP contribution is 2.40. The average molecular weight is 606 g/mol. The maximum Gasteiger partial charge on any atom is 0.416 e. The Morgan fingerprint density at radius 2 is 1.65 bits per heavy atom. The molecule has 3 heterocycles. The zero-order valence-electron chi connectivity index (χ0n) is 23.6. The molecule has 230 valence electrons. The largest absolute Gasteiger partial charge is 0.416 e. The number of aryl methyl sites for hydroxylation is 1. The summed E-state index contributed by atoms with van der Waals surface area (Å²) in [7, 11) is 2.89. The maximum atomic E-state index is 14.5. The van der Waals surface area contributed by atoms with Crippen LogP contribution in [-0.4, -0.2) is 69.8 Å². The Labute approximate surface area is 244 Å². The fourth-order valence-corrected chi connectivity index (χ4v) is 6.39. The highest BCUT2D eigenvalue weighted by atomic mass is 19.4. The van der Waals surface area contributed by atoms with Gasteiger partial charge < -0.3 is 14.8 Å². The Hall–Kier alpha value is -4.23. The van der Waals surface area contributed by atoms with Gasteiger partial charge in [-0.25, -0.2) is 9.18 Å². The van der Waals surface area contributed by atoms with Crippen molar-refractivity contribution in [1.29, 1.82) is 0 Å². The van der Waals surface area contributed by atoms with Gasteiger partial charge in [0.15, 0.2) is 0 Å². The van der Waals surface area contributed by atoms with Gasteiger partial charge in [-0.2, -0.15) is 13.2 Å². The molecule has 1 unspecified atom stereocenters. The first kappa shape index (κ1) is 30.2. The molecule has 0 bridgehead atoms. The number of imide groups is 1. The second-order valence-electron chi connectivity index (χ2n) is 11.4. The number of nitrogens with one attached hydrogen (secondary N) is 1. The van der Waals surface area contributed by atoms with E-state index in [1.54, 1.807) is 0 Å². The molecule has 10 nitrogen and oxygen atoms in total. The number of hydrogen-bond acceptors (Lipinski definition) is 5. The van der Waals surface area contributed by atoms with Gasteiger partial charge in [0, 0.05) is 39.4 Å². The summed E-state index contributed by atoms with van der Waals surface area (Å²) in [5.41, 5.74) is -3.24. The second-order valence-corrected chi connectivity index (χ2v) is 11.4. The van der Waals surface area contributed by atoms with Crippen molar-refractivity contribution in [1.82, 2.24) is 19.7 Å². The number of anilines is 1. The zero-order chi connectivity index (χ0) is 31.3. The van der Waals surface area contributed by atoms with Crippen molar-refractivity contribution in [2.75, 3.05) is 25.0 Å². The summed E-state index contributed by atoms with van der Waals surface area (Å²) in [5.74, 6) is -3.50. The van der Waals surface area contributed by atoms with Gasteiger partial charge >= 0.3 is 12.2 Å². The number of halogens is 4. The van der Waals surface area contributed by atoms with Crippen LogP contribution >= 0.6 is 0 Å². The number of carbonyl (C=O) groups excluding carboxylic acids is 4. The highest BCUT2D eigenvalue weighted by molar-refractivity contribution is 6.16. The lowest BCUT2D eigenvalue weighted by atomic mass is 9.84. The van der Waals surface area contributed by atoms with E-state index in [2.05, 4.69) is 5.32 Å². The first-order chi connectivity index (χ1) is 20.2. The number of likely N-dealkylation sites (N-methyl/N-ethyl adjacent to an activating group) is 1. The summed E-state index contributed by atoms with van der Waals surface area (Å²) >= 11 is 0. The van der Waals surface area contributed by atoms with Crippen LogP contribution in [0.3, 0.4) is 0 Å². The predicted molar refractivity (Wildman–Crippen MR) is 145 cm³/mol. The Kier molecular flexibility index (Phi) is 7.82. The molecular formula is C29H31F4N5O5. The Balaban J connectivity index is 1.38. The number of nitrogens with zero attached hydrogens (tertiary/aromatic N) is 4. The lowest BCUT2D eigenvalue weighted by Crippen LogP contribution is -2.60. The first-order valence-electron chi connectivity index (χ1n) is 14.0. The standard InChI is InChI=1S/C29H31F4N5O5/c1-35-16-19(8-10-22(35)39)38-27(43)36(2)26(42)28(38)11-13-37(14-12-28)25(41)23(17-5-3-4-6-17)34-24(40)20-15-18(29(31,32)33)7-9-21(20)30/h7-10,15-17,23H,3-6,11-14H2,1-2H3,(H,34,40). The Morgan fingerprint density at radius 3 is 2.26 bits per heavy atom. The molecule has 1 N–H and O–H groups in total. The quantitative estimate of drug-likeness (QED) is 0.416. The van der Waals surface area contributed by atoms with E-state index in [-0.39, 0.29) is 37.4 Å². The molecule has 43 heavy (non-hydrogen) atoms. The third-order valence-electron chi connectivity index (χ3n) is 8.80. The number of likely N-dealkylation sites (tertiary alicyclic amines) is 1. The SMILES string of the molecule is CN1C(=O)N(c2ccc(=O)n(C)c2)C2(CCN(C(=O)C(NC(=O)c3cc(C(F)(F)F)ccc3F)C3CCCC3)CC2)C1=O. The number of alkyl halides is 3. The van der Waals surface area contributed by atoms with Crippen LogP contribution in [0.4, 0.5) is 28.0 Å². The molecular weight excluding hydrogens is 574 g/mol. The van der Waals surface area contributed by atoms with Crippen LogP contribution < -0.4 is 15.8 Å². The summed E-state index contributed by atoms with van der Waals surface area (Å²) in [4.78, 5) is 69.2. The van der Waals surface area contributed by atoms with E-state index in [4.69, 9.17) is 0 Å². The lowest BCUT2D eigenvalue weighted by Gasteiger charge is -2.43. The van der Waals surface area contributed by atoms with Crippen LogP contribution in [0.15, 0.2) is 41.3 Å². The molecule has 5 rings (SSSR count). The van der Waals surface area contributed by atoms with Crippen LogP contribution in [-0.2, 0) is 22.8 Å². The molecule has 2 saturated heterocycles. The van der Waals surface area contributed by atoms with Crippen molar-refractivity contribution in [2.24, 2.45) is 13.0 Å². The predicted octanol–water partition coefficient (Wildman–Crippen LogP) is 3.29. The van der Waals surface area contributed by atoms with Gasteiger partial charge in [0.1, 0.15) is 17.4 Å². The molecule has 1 spiro atoms. The average Bonchev–Trinajstić information content (AvgIpc) is 3.56. The third kappa shape index (κ3) is 5.38. The number of piperidine rings is 1. The number of benzene rings is 1. The summed E-state index contributed by atoms with van der Waals surface area (Å²) in [6, 6.07) is 2.62. The van der Waals surface area contributed by atoms with E-state index < -0.39 is 58.5 Å². The van der Waals surface area contributed by atoms with Crippen molar-refractivity contribution in [2.45, 2.75) is 56.3 Å². The van der Waals surface area contributed by atoms with E-state index >= 15 is 0 Å². The normalized spacial score (nSPS) is 19.8. The number of urea groups is 1. The minimum absolute atomic E-state index is 0.0466. The maximum absolute atomic E-state index is 14.5. The molecule has 5 amide bonds. The number of pyridine rings is 1. The number of hydrogen-bond donors (Lipinski definition) is 1. The minimum atomic E-state index is -4.79. The van der Waals surface area contributed by atoms with Crippen LogP contribution in [0.1, 0.15) is 54.4 Å². The summed E-state index contributed by atoms with van der Waals surface area (Å²) in [5, 5.41) is 2.51. The molecule has 1 aliphatic carbocycles. The fraction of sp³-hybridized carbons (Fsp3) is 0.483. The molecule has 3 aliphatic rings. The topological polar surface area (TPSA) is 112 Å². The molecule has 2 aliphatic heterocycles. The van der Waals surface area contributed by atoms with Crippen LogP contribution in [0.5, 0.6) is 0 Å². The summed E-state index contributed by atoms with van der Waals surface area (Å²) in [6.45, 7) is 0.0932. The molecule has 1 atom stereocenters. The van der Waals surface area contributed by atoms with E-state index in [0.29, 0.717) is 36.7 Å². The van der Waals surface area contributed by atoms with Crippen molar-refractivity contribution in [3.8, 4) is 0 Å². The Morgan fingerprint density at radius 1 is 1.00 bits per heavy atom. The van der Waals surface area contributed by atoms with E-state index in [0.717, 1.165) is 17.7 Å². The van der Waals surface area contributed by atoms with Gasteiger partial charge in [0.05, 0.1) is 16.8 Å². The number of rotatable bonds is 5. The number of carbonyl (C=O) groups is 4. The summed E-state index contributed by atoms with van der Waals surface area (Å²) < 4.78 is 55.5. The van der Waals surface area contributed by atoms with Gasteiger partial charge in [-0.05, 0) is 55.9 Å². The third-order valence-corrected chi connectivity index (χ3v) is 8.80. The number of amides is 5. The first-order valence-corrected chi connectivity index (χ1v) is 14.0. The van der Waals surface area contributed by atoms with E-state index in [1.165, 1.54) is 46.8 Å². The molecule has 1 saturated carbocycles. The van der Waals surface area contributed by atoms with Gasteiger partial charge in [-0.1, -0.05) is 12.8 Å². The monoisotopic (exact) mass is 605 g/mol. The molecule has 3 fully saturated rings. The van der Waals surface area contributed by atoms with Crippen LogP contribution in [0.2, 0.25) is 0 Å². The molecule has 2 aromatic rings. The molecule has 0 radical (unpaired) electrons. The van der Waals surface area contributed by atoms with Gasteiger partial charge in [0.2, 0.25) is 11.5 Å². The van der Waals surface area contributed by atoms with Crippen molar-refractivity contribution >= 4 is 29.4 Å². The molecule has 1 aromatic carbocycles. The lowest BCUT2D eigenvalue weighted by molar-refractivity contribution is -0.139. The second kappa shape index (κ2) is 11.1. The van der Waals surface area contributed by atoms with Gasteiger partial charge in [0.25, 0.3) is 11.8 Å². The van der Waals surface area contributed by atoms with Gasteiger partial charge in [-0.3, -0.25) is 29.0 Å². The van der Waals surface area contributed by atoms with Gasteiger partial charge in [-0.15, -0.1) is 0 Å². The smallest absolute Gasteiger partial charge is 0.341 e. The van der Waals surface area contributed by atoms with Crippen molar-refractivity contribution in [3.05, 3.63) is 63.8 Å². The highest BCUT2D eigenvalue weighted by Gasteiger charge is 2.58. The summed E-state index contributed by atoms with van der Waals surface area (Å²) in [6.07, 6.45) is -0.400. The Bertz CT molecular complexity index is 1530. The minimum Gasteiger partial charge on any atom is -0.341 e. The zero-order valence-corrected chi connectivity index (χ0v) is 23.6. The van der Waals surface area contributed by atoms with E-state index in [1.807, 2.05) is 0 Å². The van der Waals surface area contributed by atoms with Crippen molar-refractivity contribution < 1.29 is 36.7 Å². The fourth-order valence-electron chi connectivity index (χ4n) is 6.39. The number of aromatic nitrogens is 1.